The van der Waals surface area contributed by atoms with Crippen LogP contribution < -0.4 is 23.6 Å². The third-order valence-electron chi connectivity index (χ3n) is 1.42. The van der Waals surface area contributed by atoms with Gasteiger partial charge in [0.05, 0.1) is 11.5 Å². The molecule has 0 aliphatic heterocycles. The molecule has 1 aromatic rings. The Morgan fingerprint density at radius 3 is 2.43 bits per heavy atom. The van der Waals surface area contributed by atoms with Gasteiger partial charge in [0.2, 0.25) is 0 Å². The predicted molar refractivity (Wildman–Crippen MR) is 45.6 cm³/mol. The fraction of sp³-hybridized carbons (Fsp3) is 0.250. The van der Waals surface area contributed by atoms with Crippen LogP contribution in [0.1, 0.15) is 6.92 Å². The zero-order valence-electron chi connectivity index (χ0n) is 8.06. The first kappa shape index (κ1) is 13.5. The zero-order valence-corrected chi connectivity index (χ0v) is 8.87. The van der Waals surface area contributed by atoms with Crippen molar-refractivity contribution in [2.24, 2.45) is 0 Å². The van der Waals surface area contributed by atoms with Crippen LogP contribution in [0.2, 0.25) is 0 Å². The minimum Gasteiger partial charge on any atom is -0.744 e. The second-order valence-electron chi connectivity index (χ2n) is 2.33. The predicted octanol–water partition coefficient (Wildman–Crippen LogP) is -2.01. The number of rotatable bonds is 3. The number of hydrogen-bond donors (Lipinski definition) is 0. The molecule has 0 bridgehead atoms. The van der Waals surface area contributed by atoms with Gasteiger partial charge in [-0.1, -0.05) is 12.1 Å². The molecule has 14 heavy (non-hydrogen) atoms. The van der Waals surface area contributed by atoms with Crippen molar-refractivity contribution in [2.45, 2.75) is 11.8 Å². The summed E-state index contributed by atoms with van der Waals surface area (Å²) < 4.78 is 37.1. The van der Waals surface area contributed by atoms with Gasteiger partial charge in [-0.05, 0) is 19.1 Å². The molecule has 0 unspecified atom stereocenters. The van der Waals surface area contributed by atoms with Gasteiger partial charge in [-0.15, -0.1) is 0 Å². The van der Waals surface area contributed by atoms with Crippen LogP contribution in [0.4, 0.5) is 0 Å². The summed E-state index contributed by atoms with van der Waals surface area (Å²) in [4.78, 5) is -0.308. The number of para-hydroxylation sites is 1. The van der Waals surface area contributed by atoms with Gasteiger partial charge in [0.15, 0.2) is 0 Å². The van der Waals surface area contributed by atoms with Gasteiger partial charge in [0.25, 0.3) is 0 Å². The minimum absolute atomic E-state index is 0. The van der Waals surface area contributed by atoms with Gasteiger partial charge in [0.1, 0.15) is 15.9 Å². The van der Waals surface area contributed by atoms with Crippen molar-refractivity contribution < 1.29 is 36.6 Å². The topological polar surface area (TPSA) is 66.4 Å². The molecule has 0 heterocycles. The molecule has 0 aromatic heterocycles. The summed E-state index contributed by atoms with van der Waals surface area (Å²) in [6, 6.07) is 5.77. The molecule has 1 rings (SSSR count). The molecule has 0 amide bonds. The van der Waals surface area contributed by atoms with Crippen molar-refractivity contribution in [1.82, 2.24) is 0 Å². The molecule has 72 valence electrons. The van der Waals surface area contributed by atoms with Gasteiger partial charge in [-0.2, -0.15) is 0 Å². The maximum Gasteiger partial charge on any atom is 1.00 e. The molecular formula is C8H9LiO4S. The van der Waals surface area contributed by atoms with E-state index in [1.165, 1.54) is 18.2 Å². The van der Waals surface area contributed by atoms with E-state index in [2.05, 4.69) is 0 Å². The van der Waals surface area contributed by atoms with Crippen molar-refractivity contribution in [1.29, 1.82) is 0 Å². The van der Waals surface area contributed by atoms with Gasteiger partial charge in [-0.3, -0.25) is 0 Å². The second kappa shape index (κ2) is 5.42. The smallest absolute Gasteiger partial charge is 0.744 e. The SMILES string of the molecule is CCOc1ccccc1S(=O)(=O)[O-].[Li+]. The van der Waals surface area contributed by atoms with Crippen LogP contribution in [-0.4, -0.2) is 19.6 Å². The van der Waals surface area contributed by atoms with Crippen molar-refractivity contribution >= 4 is 10.1 Å². The summed E-state index contributed by atoms with van der Waals surface area (Å²) in [7, 11) is -4.43. The molecule has 0 aliphatic carbocycles. The minimum atomic E-state index is -4.43. The van der Waals surface area contributed by atoms with Crippen molar-refractivity contribution in [3.63, 3.8) is 0 Å². The molecule has 0 saturated heterocycles. The molecule has 1 aromatic carbocycles. The molecular weight excluding hydrogens is 199 g/mol. The standard InChI is InChI=1S/C8H10O4S.Li/c1-2-12-7-5-3-4-6-8(7)13(9,10)11;/h3-6H,2H2,1H3,(H,9,10,11);/q;+1/p-1. The van der Waals surface area contributed by atoms with Crippen molar-refractivity contribution in [3.05, 3.63) is 24.3 Å². The first-order valence-corrected chi connectivity index (χ1v) is 5.14. The fourth-order valence-corrected chi connectivity index (χ4v) is 1.55. The van der Waals surface area contributed by atoms with E-state index >= 15 is 0 Å². The van der Waals surface area contributed by atoms with Crippen molar-refractivity contribution in [2.75, 3.05) is 6.61 Å². The van der Waals surface area contributed by atoms with Crippen LogP contribution in [0.15, 0.2) is 29.2 Å². The van der Waals surface area contributed by atoms with E-state index in [9.17, 15) is 13.0 Å². The van der Waals surface area contributed by atoms with E-state index in [0.29, 0.717) is 6.61 Å². The number of hydrogen-bond acceptors (Lipinski definition) is 4. The maximum absolute atomic E-state index is 10.7. The van der Waals surface area contributed by atoms with Crippen LogP contribution in [0.25, 0.3) is 0 Å². The van der Waals surface area contributed by atoms with Gasteiger partial charge >= 0.3 is 18.9 Å². The third-order valence-corrected chi connectivity index (χ3v) is 2.29. The van der Waals surface area contributed by atoms with E-state index < -0.39 is 10.1 Å². The summed E-state index contributed by atoms with van der Waals surface area (Å²) >= 11 is 0. The van der Waals surface area contributed by atoms with E-state index in [-0.39, 0.29) is 29.5 Å². The van der Waals surface area contributed by atoms with E-state index in [1.807, 2.05) is 0 Å². The Morgan fingerprint density at radius 1 is 1.36 bits per heavy atom. The molecule has 0 atom stereocenters. The molecule has 0 N–H and O–H groups in total. The molecule has 0 fully saturated rings. The Bertz CT molecular complexity index is 388. The molecule has 6 heteroatoms. The Labute approximate surface area is 95.2 Å². The second-order valence-corrected chi connectivity index (χ2v) is 3.68. The summed E-state index contributed by atoms with van der Waals surface area (Å²) in [5.74, 6) is 0.111. The molecule has 0 aliphatic rings. The Morgan fingerprint density at radius 2 is 1.93 bits per heavy atom. The molecule has 0 saturated carbocycles. The van der Waals surface area contributed by atoms with Crippen LogP contribution >= 0.6 is 0 Å². The van der Waals surface area contributed by atoms with Crippen molar-refractivity contribution in [3.8, 4) is 5.75 Å². The largest absolute Gasteiger partial charge is 1.00 e. The zero-order chi connectivity index (χ0) is 9.90. The van der Waals surface area contributed by atoms with E-state index in [4.69, 9.17) is 4.74 Å². The quantitative estimate of drug-likeness (QED) is 0.425. The summed E-state index contributed by atoms with van der Waals surface area (Å²) in [5.41, 5.74) is 0. The normalized spacial score (nSPS) is 10.4. The molecule has 4 nitrogen and oxygen atoms in total. The molecule has 0 spiro atoms. The van der Waals surface area contributed by atoms with E-state index in [1.54, 1.807) is 13.0 Å². The summed E-state index contributed by atoms with van der Waals surface area (Å²) in [6.45, 7) is 2.04. The van der Waals surface area contributed by atoms with Gasteiger partial charge < -0.3 is 9.29 Å². The van der Waals surface area contributed by atoms with Gasteiger partial charge in [-0.25, -0.2) is 8.42 Å². The Balaban J connectivity index is 0.00000169. The van der Waals surface area contributed by atoms with Crippen LogP contribution in [-0.2, 0) is 10.1 Å². The Kier molecular flexibility index (Phi) is 5.24. The van der Waals surface area contributed by atoms with Crippen LogP contribution in [0, 0.1) is 0 Å². The average molecular weight is 208 g/mol. The van der Waals surface area contributed by atoms with E-state index in [0.717, 1.165) is 0 Å². The summed E-state index contributed by atoms with van der Waals surface area (Å²) in [5, 5.41) is 0. The fourth-order valence-electron chi connectivity index (χ4n) is 0.931. The molecule has 0 radical (unpaired) electrons. The average Bonchev–Trinajstić information content (AvgIpc) is 2.04. The van der Waals surface area contributed by atoms with Gasteiger partial charge in [0, 0.05) is 0 Å². The summed E-state index contributed by atoms with van der Waals surface area (Å²) in [6.07, 6.45) is 0. The number of benzene rings is 1. The van der Waals surface area contributed by atoms with Crippen LogP contribution in [0.5, 0.6) is 5.75 Å². The third kappa shape index (κ3) is 3.35. The monoisotopic (exact) mass is 208 g/mol. The Hall–Kier alpha value is -0.473. The first-order valence-electron chi connectivity index (χ1n) is 3.73. The number of ether oxygens (including phenoxy) is 1. The van der Waals surface area contributed by atoms with Crippen LogP contribution in [0.3, 0.4) is 0 Å². The first-order chi connectivity index (χ1) is 6.05. The maximum atomic E-state index is 10.7.